The highest BCUT2D eigenvalue weighted by atomic mass is 19.1. The monoisotopic (exact) mass is 331 g/mol. The molecular formula is C17H22FN5O. The second kappa shape index (κ2) is 7.33. The van der Waals surface area contributed by atoms with Gasteiger partial charge in [-0.3, -0.25) is 5.32 Å². The molecule has 2 N–H and O–H groups in total. The first kappa shape index (κ1) is 16.3. The Morgan fingerprint density at radius 3 is 3.00 bits per heavy atom. The third kappa shape index (κ3) is 3.67. The number of benzene rings is 1. The molecule has 1 aromatic heterocycles. The number of amides is 2. The minimum absolute atomic E-state index is 0.0173. The second-order valence-electron chi connectivity index (χ2n) is 5.87. The van der Waals surface area contributed by atoms with E-state index in [9.17, 15) is 9.18 Å². The minimum atomic E-state index is -0.259. The summed E-state index contributed by atoms with van der Waals surface area (Å²) in [5.41, 5.74) is 0.591. The lowest BCUT2D eigenvalue weighted by molar-refractivity contribution is 0.246. The molecular weight excluding hydrogens is 309 g/mol. The van der Waals surface area contributed by atoms with Crippen LogP contribution in [0.15, 0.2) is 36.5 Å². The van der Waals surface area contributed by atoms with E-state index in [2.05, 4.69) is 15.7 Å². The molecule has 6 nitrogen and oxygen atoms in total. The molecule has 7 heteroatoms. The minimum Gasteiger partial charge on any atom is -0.367 e. The molecule has 24 heavy (non-hydrogen) atoms. The lowest BCUT2D eigenvalue weighted by Gasteiger charge is -2.34. The topological polar surface area (TPSA) is 62.2 Å². The number of carbonyl (C=O) groups is 1. The molecule has 1 saturated heterocycles. The van der Waals surface area contributed by atoms with Crippen molar-refractivity contribution in [3.8, 4) is 0 Å². The van der Waals surface area contributed by atoms with Crippen molar-refractivity contribution >= 4 is 17.5 Å². The van der Waals surface area contributed by atoms with Gasteiger partial charge in [0, 0.05) is 31.7 Å². The zero-order chi connectivity index (χ0) is 16.9. The fourth-order valence-electron chi connectivity index (χ4n) is 3.05. The summed E-state index contributed by atoms with van der Waals surface area (Å²) in [6.07, 6.45) is 3.44. The molecule has 128 valence electrons. The maximum atomic E-state index is 13.9. The highest BCUT2D eigenvalue weighted by Gasteiger charge is 2.23. The Morgan fingerprint density at radius 2 is 2.21 bits per heavy atom. The number of hydrogen-bond donors (Lipinski definition) is 2. The average molecular weight is 331 g/mol. The summed E-state index contributed by atoms with van der Waals surface area (Å²) in [5.74, 6) is 0.436. The van der Waals surface area contributed by atoms with Gasteiger partial charge in [-0.1, -0.05) is 12.1 Å². The number of aryl methyl sites for hydroxylation is 1. The first-order valence-electron chi connectivity index (χ1n) is 8.26. The van der Waals surface area contributed by atoms with Crippen LogP contribution in [-0.4, -0.2) is 34.9 Å². The van der Waals surface area contributed by atoms with E-state index < -0.39 is 0 Å². The van der Waals surface area contributed by atoms with Gasteiger partial charge >= 0.3 is 6.03 Å². The molecule has 0 saturated carbocycles. The molecule has 0 bridgehead atoms. The van der Waals surface area contributed by atoms with Crippen molar-refractivity contribution in [3.05, 3.63) is 42.3 Å². The highest BCUT2D eigenvalue weighted by molar-refractivity contribution is 5.88. The molecule has 0 spiro atoms. The number of aromatic nitrogens is 2. The predicted molar refractivity (Wildman–Crippen MR) is 91.7 cm³/mol. The number of urea groups is 1. The van der Waals surface area contributed by atoms with Crippen molar-refractivity contribution in [2.45, 2.75) is 32.4 Å². The van der Waals surface area contributed by atoms with Gasteiger partial charge in [0.25, 0.3) is 0 Å². The van der Waals surface area contributed by atoms with Crippen LogP contribution in [0.4, 0.5) is 20.7 Å². The van der Waals surface area contributed by atoms with Crippen LogP contribution in [0.2, 0.25) is 0 Å². The summed E-state index contributed by atoms with van der Waals surface area (Å²) in [6, 6.07) is 8.23. The number of piperidine rings is 1. The molecule has 1 aliphatic heterocycles. The fraction of sp³-hybridized carbons (Fsp3) is 0.412. The van der Waals surface area contributed by atoms with E-state index in [4.69, 9.17) is 0 Å². The summed E-state index contributed by atoms with van der Waals surface area (Å²) < 4.78 is 15.7. The van der Waals surface area contributed by atoms with E-state index in [0.717, 1.165) is 19.4 Å². The van der Waals surface area contributed by atoms with Crippen LogP contribution in [0.5, 0.6) is 0 Å². The van der Waals surface area contributed by atoms with E-state index >= 15 is 0 Å². The number of para-hydroxylation sites is 1. The molecule has 1 atom stereocenters. The van der Waals surface area contributed by atoms with Crippen molar-refractivity contribution in [3.63, 3.8) is 0 Å². The number of hydrogen-bond acceptors (Lipinski definition) is 3. The van der Waals surface area contributed by atoms with Crippen LogP contribution in [-0.2, 0) is 6.54 Å². The van der Waals surface area contributed by atoms with E-state index in [0.29, 0.717) is 24.6 Å². The lowest BCUT2D eigenvalue weighted by Crippen LogP contribution is -2.49. The van der Waals surface area contributed by atoms with Crippen LogP contribution in [0.25, 0.3) is 0 Å². The normalized spacial score (nSPS) is 17.6. The number of anilines is 2. The van der Waals surface area contributed by atoms with E-state index in [-0.39, 0.29) is 17.9 Å². The second-order valence-corrected chi connectivity index (χ2v) is 5.87. The Kier molecular flexibility index (Phi) is 4.98. The number of nitrogens with one attached hydrogen (secondary N) is 2. The molecule has 0 radical (unpaired) electrons. The first-order valence-corrected chi connectivity index (χ1v) is 8.26. The van der Waals surface area contributed by atoms with Crippen molar-refractivity contribution < 1.29 is 9.18 Å². The molecule has 1 fully saturated rings. The van der Waals surface area contributed by atoms with Crippen molar-refractivity contribution in [1.82, 2.24) is 15.1 Å². The standard InChI is InChI=1S/C17H22FN5O/c1-2-23-16(9-10-19-23)21-17(24)20-13-6-5-11-22(12-13)15-8-4-3-7-14(15)18/h3-4,7-10,13H,2,5-6,11-12H2,1H3,(H2,20,21,24). The Balaban J connectivity index is 1.59. The largest absolute Gasteiger partial charge is 0.367 e. The van der Waals surface area contributed by atoms with Crippen LogP contribution in [0.1, 0.15) is 19.8 Å². The molecule has 3 rings (SSSR count). The van der Waals surface area contributed by atoms with Gasteiger partial charge in [0.05, 0.1) is 11.9 Å². The molecule has 0 aliphatic carbocycles. The fourth-order valence-corrected chi connectivity index (χ4v) is 3.05. The van der Waals surface area contributed by atoms with Gasteiger partial charge in [0.1, 0.15) is 11.6 Å². The summed E-state index contributed by atoms with van der Waals surface area (Å²) >= 11 is 0. The van der Waals surface area contributed by atoms with E-state index in [1.807, 2.05) is 17.9 Å². The Morgan fingerprint density at radius 1 is 1.38 bits per heavy atom. The number of nitrogens with zero attached hydrogens (tertiary/aromatic N) is 3. The first-order chi connectivity index (χ1) is 11.7. The maximum Gasteiger partial charge on any atom is 0.320 e. The van der Waals surface area contributed by atoms with Crippen LogP contribution >= 0.6 is 0 Å². The van der Waals surface area contributed by atoms with Crippen molar-refractivity contribution in [2.75, 3.05) is 23.3 Å². The van der Waals surface area contributed by atoms with Crippen molar-refractivity contribution in [1.29, 1.82) is 0 Å². The molecule has 1 aliphatic rings. The van der Waals surface area contributed by atoms with Crippen LogP contribution < -0.4 is 15.5 Å². The summed E-state index contributed by atoms with van der Waals surface area (Å²) in [5, 5.41) is 9.91. The third-order valence-electron chi connectivity index (χ3n) is 4.21. The molecule has 2 heterocycles. The predicted octanol–water partition coefficient (Wildman–Crippen LogP) is 2.83. The van der Waals surface area contributed by atoms with E-state index in [1.165, 1.54) is 6.07 Å². The van der Waals surface area contributed by atoms with Crippen molar-refractivity contribution in [2.24, 2.45) is 0 Å². The van der Waals surface area contributed by atoms with E-state index in [1.54, 1.807) is 29.1 Å². The summed E-state index contributed by atoms with van der Waals surface area (Å²) in [4.78, 5) is 14.2. The molecule has 2 amide bonds. The SMILES string of the molecule is CCn1nccc1NC(=O)NC1CCCN(c2ccccc2F)C1. The number of rotatable bonds is 4. The van der Waals surface area contributed by atoms with Gasteiger partial charge in [-0.15, -0.1) is 0 Å². The summed E-state index contributed by atoms with van der Waals surface area (Å²) in [7, 11) is 0. The molecule has 1 unspecified atom stereocenters. The van der Waals surface area contributed by atoms with Gasteiger partial charge in [0.15, 0.2) is 0 Å². The van der Waals surface area contributed by atoms with Gasteiger partial charge in [-0.25, -0.2) is 13.9 Å². The molecule has 1 aromatic carbocycles. The van der Waals surface area contributed by atoms with Crippen LogP contribution in [0.3, 0.4) is 0 Å². The Hall–Kier alpha value is -2.57. The van der Waals surface area contributed by atoms with Gasteiger partial charge in [-0.05, 0) is 31.9 Å². The average Bonchev–Trinajstić information content (AvgIpc) is 3.02. The Labute approximate surface area is 140 Å². The number of carbonyl (C=O) groups excluding carboxylic acids is 1. The summed E-state index contributed by atoms with van der Waals surface area (Å²) in [6.45, 7) is 4.04. The zero-order valence-electron chi connectivity index (χ0n) is 13.7. The van der Waals surface area contributed by atoms with Gasteiger partial charge < -0.3 is 10.2 Å². The highest BCUT2D eigenvalue weighted by Crippen LogP contribution is 2.22. The maximum absolute atomic E-state index is 13.9. The number of halogens is 1. The lowest BCUT2D eigenvalue weighted by atomic mass is 10.0. The smallest absolute Gasteiger partial charge is 0.320 e. The van der Waals surface area contributed by atoms with Crippen LogP contribution in [0, 0.1) is 5.82 Å². The molecule has 2 aromatic rings. The van der Waals surface area contributed by atoms with Gasteiger partial charge in [0.2, 0.25) is 0 Å². The Bertz CT molecular complexity index is 702. The zero-order valence-corrected chi connectivity index (χ0v) is 13.7. The quantitative estimate of drug-likeness (QED) is 0.905. The third-order valence-corrected chi connectivity index (χ3v) is 4.21. The van der Waals surface area contributed by atoms with Gasteiger partial charge in [-0.2, -0.15) is 5.10 Å².